The van der Waals surface area contributed by atoms with Crippen molar-refractivity contribution in [2.75, 3.05) is 12.4 Å². The average Bonchev–Trinajstić information content (AvgIpc) is 1.88. The topological polar surface area (TPSA) is 12.0 Å². The van der Waals surface area contributed by atoms with Crippen LogP contribution in [0.2, 0.25) is 5.02 Å². The molecule has 0 aliphatic carbocycles. The molecule has 0 radical (unpaired) electrons. The summed E-state index contributed by atoms with van der Waals surface area (Å²) in [4.78, 5) is 0. The second-order valence-corrected chi connectivity index (χ2v) is 3.20. The van der Waals surface area contributed by atoms with Gasteiger partial charge >= 0.3 is 0 Å². The predicted molar refractivity (Wildman–Crippen MR) is 48.7 cm³/mol. The van der Waals surface area contributed by atoms with E-state index in [1.165, 1.54) is 0 Å². The minimum absolute atomic E-state index is 0.733. The second-order valence-electron chi connectivity index (χ2n) is 1.87. The third-order valence-corrected chi connectivity index (χ3v) is 2.01. The molecule has 0 amide bonds. The fraction of sp³-hybridized carbons (Fsp3) is 0.143. The quantitative estimate of drug-likeness (QED) is 0.767. The SMILES string of the molecule is CNc1ccc(Br)cc1Cl. The minimum atomic E-state index is 0.733. The first kappa shape index (κ1) is 7.89. The fourth-order valence-corrected chi connectivity index (χ4v) is 1.46. The van der Waals surface area contributed by atoms with Gasteiger partial charge in [-0.25, -0.2) is 0 Å². The Morgan fingerprint density at radius 1 is 1.50 bits per heavy atom. The highest BCUT2D eigenvalue weighted by molar-refractivity contribution is 9.10. The zero-order chi connectivity index (χ0) is 7.56. The van der Waals surface area contributed by atoms with E-state index in [2.05, 4.69) is 21.2 Å². The predicted octanol–water partition coefficient (Wildman–Crippen LogP) is 3.14. The molecule has 54 valence electrons. The van der Waals surface area contributed by atoms with E-state index in [0.29, 0.717) is 0 Å². The van der Waals surface area contributed by atoms with Gasteiger partial charge in [-0.3, -0.25) is 0 Å². The van der Waals surface area contributed by atoms with Crippen molar-refractivity contribution < 1.29 is 0 Å². The van der Waals surface area contributed by atoms with Crippen molar-refractivity contribution in [3.8, 4) is 0 Å². The molecule has 0 saturated heterocycles. The summed E-state index contributed by atoms with van der Waals surface area (Å²) in [5, 5.41) is 3.70. The molecule has 1 rings (SSSR count). The monoisotopic (exact) mass is 219 g/mol. The van der Waals surface area contributed by atoms with Gasteiger partial charge in [0.2, 0.25) is 0 Å². The summed E-state index contributed by atoms with van der Waals surface area (Å²) in [6, 6.07) is 5.72. The molecular weight excluding hydrogens is 213 g/mol. The van der Waals surface area contributed by atoms with Gasteiger partial charge < -0.3 is 5.32 Å². The van der Waals surface area contributed by atoms with Crippen molar-refractivity contribution >= 4 is 33.2 Å². The van der Waals surface area contributed by atoms with Crippen molar-refractivity contribution in [1.82, 2.24) is 0 Å². The van der Waals surface area contributed by atoms with Crippen LogP contribution >= 0.6 is 27.5 Å². The van der Waals surface area contributed by atoms with Crippen molar-refractivity contribution in [3.63, 3.8) is 0 Å². The molecule has 1 aromatic carbocycles. The first-order chi connectivity index (χ1) is 4.74. The van der Waals surface area contributed by atoms with Crippen molar-refractivity contribution in [1.29, 1.82) is 0 Å². The molecule has 1 nitrogen and oxygen atoms in total. The highest BCUT2D eigenvalue weighted by Gasteiger charge is 1.95. The van der Waals surface area contributed by atoms with Gasteiger partial charge in [0, 0.05) is 11.5 Å². The van der Waals surface area contributed by atoms with Gasteiger partial charge in [0.25, 0.3) is 0 Å². The lowest BCUT2D eigenvalue weighted by Gasteiger charge is -2.01. The van der Waals surface area contributed by atoms with Gasteiger partial charge in [-0.1, -0.05) is 27.5 Å². The van der Waals surface area contributed by atoms with Crippen LogP contribution in [-0.4, -0.2) is 7.05 Å². The number of anilines is 1. The Balaban J connectivity index is 3.07. The van der Waals surface area contributed by atoms with E-state index in [0.717, 1.165) is 15.2 Å². The standard InChI is InChI=1S/C7H7BrClN/c1-10-7-3-2-5(8)4-6(7)9/h2-4,10H,1H3. The fourth-order valence-electron chi connectivity index (χ4n) is 0.692. The van der Waals surface area contributed by atoms with E-state index in [1.54, 1.807) is 0 Å². The molecule has 0 aliphatic rings. The van der Waals surface area contributed by atoms with E-state index < -0.39 is 0 Å². The van der Waals surface area contributed by atoms with Crippen LogP contribution in [0.4, 0.5) is 5.69 Å². The average molecular weight is 220 g/mol. The maximum absolute atomic E-state index is 5.84. The smallest absolute Gasteiger partial charge is 0.0648 e. The van der Waals surface area contributed by atoms with Gasteiger partial charge in [0.15, 0.2) is 0 Å². The first-order valence-corrected chi connectivity index (χ1v) is 4.04. The Morgan fingerprint density at radius 3 is 2.70 bits per heavy atom. The van der Waals surface area contributed by atoms with E-state index in [1.807, 2.05) is 25.2 Å². The van der Waals surface area contributed by atoms with Crippen molar-refractivity contribution in [2.45, 2.75) is 0 Å². The maximum Gasteiger partial charge on any atom is 0.0648 e. The molecule has 0 heterocycles. The van der Waals surface area contributed by atoms with Crippen LogP contribution in [0.25, 0.3) is 0 Å². The lowest BCUT2D eigenvalue weighted by Crippen LogP contribution is -1.87. The number of hydrogen-bond acceptors (Lipinski definition) is 1. The van der Waals surface area contributed by atoms with Crippen LogP contribution in [0.1, 0.15) is 0 Å². The van der Waals surface area contributed by atoms with E-state index in [-0.39, 0.29) is 0 Å². The first-order valence-electron chi connectivity index (χ1n) is 2.87. The third kappa shape index (κ3) is 1.64. The number of nitrogens with one attached hydrogen (secondary N) is 1. The molecule has 0 bridgehead atoms. The lowest BCUT2D eigenvalue weighted by molar-refractivity contribution is 1.50. The number of benzene rings is 1. The molecule has 10 heavy (non-hydrogen) atoms. The minimum Gasteiger partial charge on any atom is -0.387 e. The lowest BCUT2D eigenvalue weighted by atomic mass is 10.3. The number of rotatable bonds is 1. The number of hydrogen-bond donors (Lipinski definition) is 1. The molecule has 0 aromatic heterocycles. The Kier molecular flexibility index (Phi) is 2.57. The van der Waals surface area contributed by atoms with Gasteiger partial charge in [0.1, 0.15) is 0 Å². The van der Waals surface area contributed by atoms with Crippen LogP contribution in [0.15, 0.2) is 22.7 Å². The van der Waals surface area contributed by atoms with Gasteiger partial charge in [-0.2, -0.15) is 0 Å². The van der Waals surface area contributed by atoms with Gasteiger partial charge in [-0.05, 0) is 18.2 Å². The summed E-state index contributed by atoms with van der Waals surface area (Å²) in [6.45, 7) is 0. The summed E-state index contributed by atoms with van der Waals surface area (Å²) < 4.78 is 0.997. The zero-order valence-corrected chi connectivity index (χ0v) is 7.83. The Hall–Kier alpha value is -0.210. The summed E-state index contributed by atoms with van der Waals surface area (Å²) in [7, 11) is 1.84. The van der Waals surface area contributed by atoms with Crippen LogP contribution in [0.5, 0.6) is 0 Å². The maximum atomic E-state index is 5.84. The van der Waals surface area contributed by atoms with Crippen molar-refractivity contribution in [2.24, 2.45) is 0 Å². The van der Waals surface area contributed by atoms with Crippen LogP contribution in [0.3, 0.4) is 0 Å². The van der Waals surface area contributed by atoms with Crippen LogP contribution in [-0.2, 0) is 0 Å². The second kappa shape index (κ2) is 3.26. The van der Waals surface area contributed by atoms with E-state index >= 15 is 0 Å². The van der Waals surface area contributed by atoms with E-state index in [9.17, 15) is 0 Å². The largest absolute Gasteiger partial charge is 0.387 e. The highest BCUT2D eigenvalue weighted by Crippen LogP contribution is 2.24. The normalized spacial score (nSPS) is 9.50. The van der Waals surface area contributed by atoms with Gasteiger partial charge in [0.05, 0.1) is 10.7 Å². The van der Waals surface area contributed by atoms with Crippen molar-refractivity contribution in [3.05, 3.63) is 27.7 Å². The van der Waals surface area contributed by atoms with Crippen LogP contribution < -0.4 is 5.32 Å². The molecule has 0 atom stereocenters. The molecule has 0 aliphatic heterocycles. The molecular formula is C7H7BrClN. The van der Waals surface area contributed by atoms with E-state index in [4.69, 9.17) is 11.6 Å². The highest BCUT2D eigenvalue weighted by atomic mass is 79.9. The summed E-state index contributed by atoms with van der Waals surface area (Å²) in [6.07, 6.45) is 0. The van der Waals surface area contributed by atoms with Crippen LogP contribution in [0, 0.1) is 0 Å². The zero-order valence-electron chi connectivity index (χ0n) is 5.49. The molecule has 0 saturated carbocycles. The Bertz CT molecular complexity index is 237. The summed E-state index contributed by atoms with van der Waals surface area (Å²) in [5.74, 6) is 0. The third-order valence-electron chi connectivity index (χ3n) is 1.20. The molecule has 0 spiro atoms. The molecule has 1 N–H and O–H groups in total. The van der Waals surface area contributed by atoms with Gasteiger partial charge in [-0.15, -0.1) is 0 Å². The summed E-state index contributed by atoms with van der Waals surface area (Å²) in [5.41, 5.74) is 0.949. The number of halogens is 2. The molecule has 0 fully saturated rings. The molecule has 0 unspecified atom stereocenters. The Morgan fingerprint density at radius 2 is 2.20 bits per heavy atom. The molecule has 1 aromatic rings. The summed E-state index contributed by atoms with van der Waals surface area (Å²) >= 11 is 9.15. The Labute approximate surface area is 73.5 Å². The molecule has 3 heteroatoms.